The summed E-state index contributed by atoms with van der Waals surface area (Å²) in [6.07, 6.45) is 3.87. The molecule has 2 aromatic rings. The quantitative estimate of drug-likeness (QED) is 0.747. The second kappa shape index (κ2) is 6.61. The zero-order valence-corrected chi connectivity index (χ0v) is 16.8. The van der Waals surface area contributed by atoms with Gasteiger partial charge in [-0.05, 0) is 22.8 Å². The number of fused-ring (bicyclic) bond motifs is 3. The maximum atomic E-state index is 13.6. The van der Waals surface area contributed by atoms with Gasteiger partial charge in [0.2, 0.25) is 0 Å². The van der Waals surface area contributed by atoms with E-state index in [4.69, 9.17) is 0 Å². The first-order valence-electron chi connectivity index (χ1n) is 9.81. The lowest BCUT2D eigenvalue weighted by Gasteiger charge is -2.36. The smallest absolute Gasteiger partial charge is 0.177 e. The fourth-order valence-corrected chi connectivity index (χ4v) is 4.77. The van der Waals surface area contributed by atoms with Crippen LogP contribution in [0.3, 0.4) is 0 Å². The van der Waals surface area contributed by atoms with Gasteiger partial charge in [0.15, 0.2) is 11.2 Å². The number of nitriles is 2. The van der Waals surface area contributed by atoms with E-state index in [1.54, 1.807) is 0 Å². The molecule has 2 heterocycles. The topological polar surface area (TPSA) is 67.9 Å². The van der Waals surface area contributed by atoms with Crippen LogP contribution in [0.5, 0.6) is 0 Å². The van der Waals surface area contributed by atoms with Gasteiger partial charge in [-0.25, -0.2) is 0 Å². The highest BCUT2D eigenvalue weighted by atomic mass is 16.1. The average Bonchev–Trinajstić information content (AvgIpc) is 3.04. The fourth-order valence-electron chi connectivity index (χ4n) is 4.77. The van der Waals surface area contributed by atoms with Crippen molar-refractivity contribution in [2.45, 2.75) is 38.8 Å². The molecule has 0 saturated carbocycles. The zero-order chi connectivity index (χ0) is 20.8. The van der Waals surface area contributed by atoms with E-state index in [-0.39, 0.29) is 5.78 Å². The van der Waals surface area contributed by atoms with E-state index in [9.17, 15) is 15.3 Å². The van der Waals surface area contributed by atoms with Crippen molar-refractivity contribution in [2.24, 2.45) is 10.8 Å². The summed E-state index contributed by atoms with van der Waals surface area (Å²) < 4.78 is 0. The van der Waals surface area contributed by atoms with E-state index in [1.165, 1.54) is 0 Å². The highest BCUT2D eigenvalue weighted by molar-refractivity contribution is 5.91. The Morgan fingerprint density at radius 2 is 1.62 bits per heavy atom. The lowest BCUT2D eigenvalue weighted by molar-refractivity contribution is -0.130. The number of carbonyl (C=O) groups is 1. The monoisotopic (exact) mass is 381 g/mol. The summed E-state index contributed by atoms with van der Waals surface area (Å²) in [5, 5.41) is 20.8. The van der Waals surface area contributed by atoms with E-state index in [1.807, 2.05) is 92.5 Å². The third kappa shape index (κ3) is 2.68. The number of benzene rings is 2. The number of carbonyl (C=O) groups excluding carboxylic acids is 1. The van der Waals surface area contributed by atoms with Crippen molar-refractivity contribution >= 4 is 11.9 Å². The van der Waals surface area contributed by atoms with Gasteiger partial charge in [-0.3, -0.25) is 4.79 Å². The predicted octanol–water partition coefficient (Wildman–Crippen LogP) is 4.83. The van der Waals surface area contributed by atoms with Crippen LogP contribution >= 0.6 is 0 Å². The van der Waals surface area contributed by atoms with Crippen LogP contribution in [0.4, 0.5) is 0 Å². The summed E-state index contributed by atoms with van der Waals surface area (Å²) in [6.45, 7) is 5.69. The standard InChI is InChI=1S/C25H23N3O/c1-24(2,3)23(29)21-20(18-10-5-4-6-11-18)25(15-26,16-27)22-19-12-8-7-9-17(19)13-14-28(21)22/h4-14,20-22H,1-3H3/t20-,21+,22-/m1/s1. The molecule has 4 rings (SSSR count). The second-order valence-corrected chi connectivity index (χ2v) is 8.83. The predicted molar refractivity (Wildman–Crippen MR) is 111 cm³/mol. The first-order chi connectivity index (χ1) is 13.8. The van der Waals surface area contributed by atoms with Gasteiger partial charge in [0.05, 0.1) is 24.2 Å². The van der Waals surface area contributed by atoms with Crippen LogP contribution in [0, 0.1) is 33.5 Å². The molecule has 0 aliphatic carbocycles. The molecule has 0 unspecified atom stereocenters. The van der Waals surface area contributed by atoms with Gasteiger partial charge in [0, 0.05) is 17.5 Å². The van der Waals surface area contributed by atoms with Crippen molar-refractivity contribution in [2.75, 3.05) is 0 Å². The summed E-state index contributed by atoms with van der Waals surface area (Å²) in [5.41, 5.74) is 0.767. The first kappa shape index (κ1) is 19.0. The molecule has 4 heteroatoms. The zero-order valence-electron chi connectivity index (χ0n) is 16.8. The van der Waals surface area contributed by atoms with E-state index in [2.05, 4.69) is 12.1 Å². The molecule has 0 radical (unpaired) electrons. The third-order valence-corrected chi connectivity index (χ3v) is 6.11. The van der Waals surface area contributed by atoms with Crippen molar-refractivity contribution in [3.63, 3.8) is 0 Å². The first-order valence-corrected chi connectivity index (χ1v) is 9.81. The Morgan fingerprint density at radius 3 is 2.24 bits per heavy atom. The van der Waals surface area contributed by atoms with Crippen molar-refractivity contribution < 1.29 is 4.79 Å². The highest BCUT2D eigenvalue weighted by Gasteiger charge is 2.64. The molecule has 29 heavy (non-hydrogen) atoms. The maximum Gasteiger partial charge on any atom is 0.177 e. The van der Waals surface area contributed by atoms with E-state index in [0.717, 1.165) is 16.7 Å². The molecular formula is C25H23N3O. The average molecular weight is 381 g/mol. The highest BCUT2D eigenvalue weighted by Crippen LogP contribution is 2.60. The number of hydrogen-bond donors (Lipinski definition) is 0. The number of ketones is 1. The van der Waals surface area contributed by atoms with Crippen molar-refractivity contribution in [3.05, 3.63) is 77.5 Å². The van der Waals surface area contributed by atoms with Crippen LogP contribution < -0.4 is 0 Å². The van der Waals surface area contributed by atoms with Crippen LogP contribution in [0.25, 0.3) is 6.08 Å². The van der Waals surface area contributed by atoms with E-state index >= 15 is 0 Å². The Morgan fingerprint density at radius 1 is 1.00 bits per heavy atom. The molecule has 0 spiro atoms. The molecule has 144 valence electrons. The minimum atomic E-state index is -1.38. The minimum absolute atomic E-state index is 0.0350. The molecule has 0 aromatic heterocycles. The Labute approximate surface area is 171 Å². The van der Waals surface area contributed by atoms with Crippen LogP contribution in [0.1, 0.15) is 49.4 Å². The molecule has 0 N–H and O–H groups in total. The molecule has 1 fully saturated rings. The van der Waals surface area contributed by atoms with Crippen LogP contribution in [0.15, 0.2) is 60.8 Å². The summed E-state index contributed by atoms with van der Waals surface area (Å²) in [6, 6.07) is 21.0. The minimum Gasteiger partial charge on any atom is -0.357 e. The Kier molecular flexibility index (Phi) is 4.32. The van der Waals surface area contributed by atoms with Crippen LogP contribution in [-0.4, -0.2) is 16.7 Å². The van der Waals surface area contributed by atoms with Gasteiger partial charge in [-0.15, -0.1) is 0 Å². The molecule has 0 bridgehead atoms. The van der Waals surface area contributed by atoms with Gasteiger partial charge in [0.25, 0.3) is 0 Å². The van der Waals surface area contributed by atoms with Crippen LogP contribution in [-0.2, 0) is 4.79 Å². The fraction of sp³-hybridized carbons (Fsp3) is 0.320. The van der Waals surface area contributed by atoms with Gasteiger partial charge in [-0.2, -0.15) is 10.5 Å². The molecule has 2 aliphatic rings. The summed E-state index contributed by atoms with van der Waals surface area (Å²) in [7, 11) is 0. The van der Waals surface area contributed by atoms with Crippen molar-refractivity contribution in [1.82, 2.24) is 4.90 Å². The molecule has 2 aromatic carbocycles. The Bertz CT molecular complexity index is 1050. The molecule has 0 amide bonds. The van der Waals surface area contributed by atoms with Crippen LogP contribution in [0.2, 0.25) is 0 Å². The summed E-state index contributed by atoms with van der Waals surface area (Å²) in [5.74, 6) is -0.515. The maximum absolute atomic E-state index is 13.6. The Balaban J connectivity index is 2.02. The van der Waals surface area contributed by atoms with Gasteiger partial charge in [-0.1, -0.05) is 75.4 Å². The van der Waals surface area contributed by atoms with Gasteiger partial charge >= 0.3 is 0 Å². The van der Waals surface area contributed by atoms with Gasteiger partial charge < -0.3 is 4.90 Å². The molecule has 2 aliphatic heterocycles. The lowest BCUT2D eigenvalue weighted by atomic mass is 9.66. The largest absolute Gasteiger partial charge is 0.357 e. The number of rotatable bonds is 2. The van der Waals surface area contributed by atoms with E-state index in [0.29, 0.717) is 0 Å². The Hall–Kier alpha value is -3.37. The van der Waals surface area contributed by atoms with E-state index < -0.39 is 28.8 Å². The lowest BCUT2D eigenvalue weighted by Crippen LogP contribution is -2.43. The molecular weight excluding hydrogens is 358 g/mol. The van der Waals surface area contributed by atoms with Crippen molar-refractivity contribution in [1.29, 1.82) is 10.5 Å². The number of Topliss-reactive ketones (excluding diaryl/α,β-unsaturated/α-hetero) is 1. The number of hydrogen-bond acceptors (Lipinski definition) is 4. The summed E-state index contributed by atoms with van der Waals surface area (Å²) >= 11 is 0. The normalized spacial score (nSPS) is 24.2. The molecule has 3 atom stereocenters. The second-order valence-electron chi connectivity index (χ2n) is 8.83. The molecule has 1 saturated heterocycles. The number of nitrogens with zero attached hydrogens (tertiary/aromatic N) is 3. The molecule has 4 nitrogen and oxygen atoms in total. The SMILES string of the molecule is CC(C)(C)C(=O)[C@@H]1[C@@H](c2ccccc2)C(C#N)(C#N)[C@H]2c3ccccc3C=CN12. The third-order valence-electron chi connectivity index (χ3n) is 6.11. The van der Waals surface area contributed by atoms with Gasteiger partial charge in [0.1, 0.15) is 0 Å². The van der Waals surface area contributed by atoms with Crippen molar-refractivity contribution in [3.8, 4) is 12.1 Å². The summed E-state index contributed by atoms with van der Waals surface area (Å²) in [4.78, 5) is 15.6.